The van der Waals surface area contributed by atoms with Crippen LogP contribution in [0.15, 0.2) is 17.1 Å². The van der Waals surface area contributed by atoms with Crippen molar-refractivity contribution in [1.29, 1.82) is 0 Å². The summed E-state index contributed by atoms with van der Waals surface area (Å²) in [5.41, 5.74) is -0.360. The van der Waals surface area contributed by atoms with Crippen LogP contribution in [-0.4, -0.2) is 47.4 Å². The number of nitrogens with zero attached hydrogens (tertiary/aromatic N) is 2. The maximum atomic E-state index is 15.7. The topological polar surface area (TPSA) is 101 Å². The number of hydrogen-bond donors (Lipinski definition) is 2. The van der Waals surface area contributed by atoms with E-state index in [0.29, 0.717) is 0 Å². The smallest absolute Gasteiger partial charge is 0.343 e. The molecule has 2 unspecified atom stereocenters. The highest BCUT2D eigenvalue weighted by Crippen LogP contribution is 2.44. The number of esters is 1. The molecule has 0 radical (unpaired) electrons. The summed E-state index contributed by atoms with van der Waals surface area (Å²) in [5, 5.41) is 12.6. The first-order valence-electron chi connectivity index (χ1n) is 9.16. The fraction of sp³-hybridized carbons (Fsp3) is 0.421. The number of rotatable bonds is 2. The number of carbonyl (C=O) groups is 2. The minimum Gasteiger partial charge on any atom is -0.465 e. The second kappa shape index (κ2) is 5.78. The number of aliphatic hydroxyl groups excluding tert-OH is 1. The van der Waals surface area contributed by atoms with Gasteiger partial charge in [-0.1, -0.05) is 0 Å². The first-order valence-corrected chi connectivity index (χ1v) is 9.16. The standard InChI is InChI=1S/C19H18FN3O5/c1-28-19(27)11-7-22(8-2-3-8)15-10(17(11)25)5-12-16(14(15)20)23-6-9(24)4-13(23)18(26)21-12/h5,7-9,13,24H,2-4,6H2,1H3,(H,21,26). The predicted molar refractivity (Wildman–Crippen MR) is 98.2 cm³/mol. The fourth-order valence-corrected chi connectivity index (χ4v) is 4.26. The van der Waals surface area contributed by atoms with Gasteiger partial charge in [-0.25, -0.2) is 9.18 Å². The summed E-state index contributed by atoms with van der Waals surface area (Å²) in [6, 6.07) is 0.766. The Morgan fingerprint density at radius 3 is 2.79 bits per heavy atom. The van der Waals surface area contributed by atoms with E-state index in [9.17, 15) is 19.5 Å². The van der Waals surface area contributed by atoms with Crippen molar-refractivity contribution in [3.8, 4) is 0 Å². The van der Waals surface area contributed by atoms with Crippen LogP contribution in [0.3, 0.4) is 0 Å². The van der Waals surface area contributed by atoms with Crippen molar-refractivity contribution in [1.82, 2.24) is 4.57 Å². The number of methoxy groups -OCH3 is 1. The molecule has 2 aliphatic heterocycles. The van der Waals surface area contributed by atoms with E-state index in [0.717, 1.165) is 12.8 Å². The van der Waals surface area contributed by atoms with Gasteiger partial charge in [0.15, 0.2) is 5.82 Å². The fourth-order valence-electron chi connectivity index (χ4n) is 4.26. The van der Waals surface area contributed by atoms with E-state index in [1.165, 1.54) is 19.4 Å². The number of aliphatic hydroxyl groups is 1. The molecule has 5 rings (SSSR count). The van der Waals surface area contributed by atoms with Crippen LogP contribution in [0.25, 0.3) is 10.9 Å². The lowest BCUT2D eigenvalue weighted by Crippen LogP contribution is -2.44. The molecule has 2 aromatic rings. The summed E-state index contributed by atoms with van der Waals surface area (Å²) in [4.78, 5) is 38.9. The molecule has 0 bridgehead atoms. The summed E-state index contributed by atoms with van der Waals surface area (Å²) in [7, 11) is 1.18. The lowest BCUT2D eigenvalue weighted by Gasteiger charge is -2.33. The molecule has 3 heterocycles. The Balaban J connectivity index is 1.83. The Bertz CT molecular complexity index is 1110. The van der Waals surface area contributed by atoms with Crippen molar-refractivity contribution < 1.29 is 23.8 Å². The average Bonchev–Trinajstić information content (AvgIpc) is 3.43. The van der Waals surface area contributed by atoms with Gasteiger partial charge in [0.1, 0.15) is 11.6 Å². The van der Waals surface area contributed by atoms with Crippen LogP contribution in [0, 0.1) is 5.82 Å². The highest BCUT2D eigenvalue weighted by Gasteiger charge is 2.43. The lowest BCUT2D eigenvalue weighted by atomic mass is 10.0. The zero-order chi connectivity index (χ0) is 19.7. The second-order valence-electron chi connectivity index (χ2n) is 7.53. The predicted octanol–water partition coefficient (Wildman–Crippen LogP) is 1.15. The van der Waals surface area contributed by atoms with Gasteiger partial charge in [-0.3, -0.25) is 9.59 Å². The Morgan fingerprint density at radius 1 is 1.36 bits per heavy atom. The molecule has 2 atom stereocenters. The van der Waals surface area contributed by atoms with Crippen LogP contribution in [0.1, 0.15) is 35.7 Å². The van der Waals surface area contributed by atoms with E-state index in [1.54, 1.807) is 9.47 Å². The number of nitrogens with one attached hydrogen (secondary N) is 1. The van der Waals surface area contributed by atoms with Gasteiger partial charge in [-0.2, -0.15) is 0 Å². The number of aromatic nitrogens is 1. The molecule has 9 heteroatoms. The molecular formula is C19H18FN3O5. The molecule has 28 heavy (non-hydrogen) atoms. The summed E-state index contributed by atoms with van der Waals surface area (Å²) in [6.45, 7) is 0.140. The third-order valence-corrected chi connectivity index (χ3v) is 5.70. The van der Waals surface area contributed by atoms with Gasteiger partial charge in [0.05, 0.1) is 35.5 Å². The van der Waals surface area contributed by atoms with Gasteiger partial charge in [0.2, 0.25) is 11.3 Å². The van der Waals surface area contributed by atoms with Gasteiger partial charge >= 0.3 is 5.97 Å². The number of benzene rings is 1. The maximum Gasteiger partial charge on any atom is 0.343 e. The molecule has 2 N–H and O–H groups in total. The molecule has 0 spiro atoms. The summed E-state index contributed by atoms with van der Waals surface area (Å²) in [6.07, 6.45) is 2.48. The number of hydrogen-bond acceptors (Lipinski definition) is 6. The van der Waals surface area contributed by atoms with Crippen LogP contribution in [0.2, 0.25) is 0 Å². The van der Waals surface area contributed by atoms with Crippen LogP contribution in [-0.2, 0) is 9.53 Å². The molecule has 3 aliphatic rings. The van der Waals surface area contributed by atoms with Crippen LogP contribution in [0.4, 0.5) is 15.8 Å². The molecule has 8 nitrogen and oxygen atoms in total. The van der Waals surface area contributed by atoms with Crippen molar-refractivity contribution >= 4 is 34.2 Å². The third kappa shape index (κ3) is 2.29. The molecule has 2 fully saturated rings. The summed E-state index contributed by atoms with van der Waals surface area (Å²) in [5.74, 6) is -1.77. The van der Waals surface area contributed by atoms with Gasteiger partial charge in [-0.15, -0.1) is 0 Å². The van der Waals surface area contributed by atoms with Crippen LogP contribution in [0.5, 0.6) is 0 Å². The van der Waals surface area contributed by atoms with E-state index < -0.39 is 29.4 Å². The van der Waals surface area contributed by atoms with Crippen molar-refractivity contribution in [3.63, 3.8) is 0 Å². The lowest BCUT2D eigenvalue weighted by molar-refractivity contribution is -0.117. The normalized spacial score (nSPS) is 23.4. The minimum absolute atomic E-state index is 0.00259. The van der Waals surface area contributed by atoms with Gasteiger partial charge in [0.25, 0.3) is 0 Å². The third-order valence-electron chi connectivity index (χ3n) is 5.70. The SMILES string of the molecule is COC(=O)c1cn(C2CC2)c2c(F)c3c(cc2c1=O)NC(=O)C1CC(O)CN31. The molecule has 1 aromatic carbocycles. The highest BCUT2D eigenvalue weighted by atomic mass is 19.1. The second-order valence-corrected chi connectivity index (χ2v) is 7.53. The molecule has 1 amide bonds. The number of carbonyl (C=O) groups excluding carboxylic acids is 2. The largest absolute Gasteiger partial charge is 0.465 e. The molecule has 146 valence electrons. The molecule has 1 aliphatic carbocycles. The number of ether oxygens (including phenoxy) is 1. The van der Waals surface area contributed by atoms with Gasteiger partial charge in [0, 0.05) is 25.2 Å². The average molecular weight is 387 g/mol. The maximum absolute atomic E-state index is 15.7. The first-order chi connectivity index (χ1) is 13.4. The van der Waals surface area contributed by atoms with E-state index in [1.807, 2.05) is 0 Å². The zero-order valence-corrected chi connectivity index (χ0v) is 15.1. The minimum atomic E-state index is -0.786. The number of anilines is 2. The monoisotopic (exact) mass is 387 g/mol. The number of fused-ring (bicyclic) bond motifs is 4. The van der Waals surface area contributed by atoms with Crippen molar-refractivity contribution in [2.24, 2.45) is 0 Å². The Morgan fingerprint density at radius 2 is 2.11 bits per heavy atom. The molecule has 1 saturated carbocycles. The first kappa shape index (κ1) is 17.2. The molecule has 1 saturated heterocycles. The molecular weight excluding hydrogens is 369 g/mol. The van der Waals surface area contributed by atoms with Gasteiger partial charge in [-0.05, 0) is 18.9 Å². The van der Waals surface area contributed by atoms with Crippen molar-refractivity contribution in [2.75, 3.05) is 23.9 Å². The van der Waals surface area contributed by atoms with Crippen molar-refractivity contribution in [3.05, 3.63) is 33.9 Å². The van der Waals surface area contributed by atoms with Gasteiger partial charge < -0.3 is 24.6 Å². The van der Waals surface area contributed by atoms with Crippen LogP contribution >= 0.6 is 0 Å². The van der Waals surface area contributed by atoms with Crippen LogP contribution < -0.4 is 15.6 Å². The Labute approximate surface area is 158 Å². The summed E-state index contributed by atoms with van der Waals surface area (Å²) < 4.78 is 22.1. The van der Waals surface area contributed by atoms with Crippen molar-refractivity contribution in [2.45, 2.75) is 37.5 Å². The highest BCUT2D eigenvalue weighted by molar-refractivity contribution is 6.07. The number of halogens is 1. The Kier molecular flexibility index (Phi) is 3.54. The number of pyridine rings is 1. The quantitative estimate of drug-likeness (QED) is 0.750. The number of amides is 1. The van der Waals surface area contributed by atoms with E-state index in [4.69, 9.17) is 4.74 Å². The van der Waals surface area contributed by atoms with E-state index in [-0.39, 0.29) is 52.8 Å². The van der Waals surface area contributed by atoms with E-state index in [2.05, 4.69) is 5.32 Å². The zero-order valence-electron chi connectivity index (χ0n) is 15.1. The molecule has 1 aromatic heterocycles. The van der Waals surface area contributed by atoms with E-state index >= 15 is 4.39 Å². The Hall–Kier alpha value is -2.94. The summed E-state index contributed by atoms with van der Waals surface area (Å²) >= 11 is 0.